The van der Waals surface area contributed by atoms with Gasteiger partial charge in [-0.25, -0.2) is 10.8 Å². The highest BCUT2D eigenvalue weighted by atomic mass is 16.6. The van der Waals surface area contributed by atoms with Gasteiger partial charge >= 0.3 is 5.69 Å². The van der Waals surface area contributed by atoms with E-state index in [1.54, 1.807) is 0 Å². The molecule has 0 saturated carbocycles. The van der Waals surface area contributed by atoms with Gasteiger partial charge in [-0.3, -0.25) is 10.1 Å². The Kier molecular flexibility index (Phi) is 3.52. The normalized spacial score (nSPS) is 9.40. The fourth-order valence-corrected chi connectivity index (χ4v) is 0.876. The van der Waals surface area contributed by atoms with Crippen molar-refractivity contribution < 1.29 is 9.66 Å². The van der Waals surface area contributed by atoms with Gasteiger partial charge in [-0.05, 0) is 0 Å². The Morgan fingerprint density at radius 1 is 1.73 bits per heavy atom. The molecule has 0 aliphatic rings. The van der Waals surface area contributed by atoms with Crippen LogP contribution in [0.2, 0.25) is 0 Å². The summed E-state index contributed by atoms with van der Waals surface area (Å²) < 4.78 is 4.98. The summed E-state index contributed by atoms with van der Waals surface area (Å²) in [5, 5.41) is 10.7. The number of anilines is 1. The van der Waals surface area contributed by atoms with Crippen molar-refractivity contribution in [2.24, 2.45) is 5.84 Å². The highest BCUT2D eigenvalue weighted by Gasteiger charge is 2.23. The molecule has 0 radical (unpaired) electrons. The van der Waals surface area contributed by atoms with E-state index >= 15 is 0 Å². The minimum Gasteiger partial charge on any atom is -0.468 e. The first-order valence-electron chi connectivity index (χ1n) is 3.90. The summed E-state index contributed by atoms with van der Waals surface area (Å²) in [4.78, 5) is 17.2. The summed E-state index contributed by atoms with van der Waals surface area (Å²) >= 11 is 0. The standard InChI is InChI=1S/C7H9N5O3/c1-2-3-15-7-5(12(13)14)6(11-8)9-4-10-7/h2,4H,1,3,8H2,(H,9,10,11). The molecule has 1 rings (SSSR count). The molecule has 0 bridgehead atoms. The first-order valence-corrected chi connectivity index (χ1v) is 3.90. The highest BCUT2D eigenvalue weighted by Crippen LogP contribution is 2.29. The van der Waals surface area contributed by atoms with Crippen LogP contribution in [0.25, 0.3) is 0 Å². The molecule has 0 fully saturated rings. The second-order valence-electron chi connectivity index (χ2n) is 2.38. The summed E-state index contributed by atoms with van der Waals surface area (Å²) in [5.74, 6) is 4.81. The summed E-state index contributed by atoms with van der Waals surface area (Å²) in [5.41, 5.74) is 1.69. The van der Waals surface area contributed by atoms with Crippen LogP contribution in [0.5, 0.6) is 5.88 Å². The van der Waals surface area contributed by atoms with Crippen LogP contribution in [0.4, 0.5) is 11.5 Å². The quantitative estimate of drug-likeness (QED) is 0.310. The van der Waals surface area contributed by atoms with Crippen LogP contribution in [0.15, 0.2) is 19.0 Å². The molecule has 80 valence electrons. The van der Waals surface area contributed by atoms with Crippen molar-refractivity contribution in [3.05, 3.63) is 29.1 Å². The minimum atomic E-state index is -0.673. The lowest BCUT2D eigenvalue weighted by Crippen LogP contribution is -2.12. The summed E-state index contributed by atoms with van der Waals surface area (Å²) in [6.07, 6.45) is 2.56. The predicted octanol–water partition coefficient (Wildman–Crippen LogP) is 0.235. The third kappa shape index (κ3) is 2.38. The van der Waals surface area contributed by atoms with E-state index in [4.69, 9.17) is 10.6 Å². The summed E-state index contributed by atoms with van der Waals surface area (Å²) in [7, 11) is 0. The zero-order chi connectivity index (χ0) is 11.3. The van der Waals surface area contributed by atoms with Gasteiger partial charge in [0.25, 0.3) is 5.88 Å². The number of nitro groups is 1. The topological polar surface area (TPSA) is 116 Å². The maximum Gasteiger partial charge on any atom is 0.374 e. The number of hydrogen-bond donors (Lipinski definition) is 2. The van der Waals surface area contributed by atoms with Gasteiger partial charge in [0.1, 0.15) is 12.9 Å². The third-order valence-electron chi connectivity index (χ3n) is 1.45. The summed E-state index contributed by atoms with van der Waals surface area (Å²) in [6, 6.07) is 0. The van der Waals surface area contributed by atoms with Gasteiger partial charge in [0.2, 0.25) is 5.82 Å². The number of nitrogens with one attached hydrogen (secondary N) is 1. The molecule has 0 spiro atoms. The third-order valence-corrected chi connectivity index (χ3v) is 1.45. The zero-order valence-electron chi connectivity index (χ0n) is 7.71. The number of ether oxygens (including phenoxy) is 1. The van der Waals surface area contributed by atoms with Crippen molar-refractivity contribution in [1.82, 2.24) is 9.97 Å². The molecule has 0 amide bonds. The van der Waals surface area contributed by atoms with Crippen LogP contribution in [0.1, 0.15) is 0 Å². The number of aromatic nitrogens is 2. The van der Waals surface area contributed by atoms with Crippen LogP contribution < -0.4 is 16.0 Å². The average Bonchev–Trinajstić information content (AvgIpc) is 2.25. The van der Waals surface area contributed by atoms with Gasteiger partial charge < -0.3 is 10.2 Å². The molecule has 0 saturated heterocycles. The van der Waals surface area contributed by atoms with E-state index in [1.165, 1.54) is 6.08 Å². The predicted molar refractivity (Wildman–Crippen MR) is 52.2 cm³/mol. The van der Waals surface area contributed by atoms with Crippen LogP contribution >= 0.6 is 0 Å². The van der Waals surface area contributed by atoms with Crippen LogP contribution in [0, 0.1) is 10.1 Å². The Bertz CT molecular complexity index is 381. The second-order valence-corrected chi connectivity index (χ2v) is 2.38. The SMILES string of the molecule is C=CCOc1ncnc(NN)c1[N+](=O)[O-]. The largest absolute Gasteiger partial charge is 0.468 e. The molecule has 1 aromatic heterocycles. The number of hydrazine groups is 1. The van der Waals surface area contributed by atoms with Gasteiger partial charge in [0, 0.05) is 0 Å². The lowest BCUT2D eigenvalue weighted by Gasteiger charge is -2.05. The number of nitrogen functional groups attached to an aromatic ring is 1. The number of rotatable bonds is 5. The molecular weight excluding hydrogens is 202 g/mol. The Morgan fingerprint density at radius 2 is 2.47 bits per heavy atom. The molecule has 15 heavy (non-hydrogen) atoms. The van der Waals surface area contributed by atoms with Crippen LogP contribution in [-0.2, 0) is 0 Å². The van der Waals surface area contributed by atoms with Crippen molar-refractivity contribution in [3.8, 4) is 5.88 Å². The molecule has 0 aromatic carbocycles. The van der Waals surface area contributed by atoms with Crippen LogP contribution in [0.3, 0.4) is 0 Å². The second kappa shape index (κ2) is 4.86. The highest BCUT2D eigenvalue weighted by molar-refractivity contribution is 5.60. The first kappa shape index (κ1) is 10.9. The van der Waals surface area contributed by atoms with E-state index in [0.717, 1.165) is 6.33 Å². The van der Waals surface area contributed by atoms with Crippen molar-refractivity contribution in [1.29, 1.82) is 0 Å². The lowest BCUT2D eigenvalue weighted by atomic mass is 10.4. The molecule has 8 heteroatoms. The molecule has 0 aliphatic heterocycles. The fraction of sp³-hybridized carbons (Fsp3) is 0.143. The van der Waals surface area contributed by atoms with E-state index < -0.39 is 10.6 Å². The Morgan fingerprint density at radius 3 is 3.00 bits per heavy atom. The number of nitrogens with zero attached hydrogens (tertiary/aromatic N) is 3. The number of hydrogen-bond acceptors (Lipinski definition) is 7. The molecule has 0 atom stereocenters. The maximum atomic E-state index is 10.7. The van der Waals surface area contributed by atoms with Crippen molar-refractivity contribution >= 4 is 11.5 Å². The first-order chi connectivity index (χ1) is 7.20. The Hall–Kier alpha value is -2.22. The minimum absolute atomic E-state index is 0.103. The molecule has 3 N–H and O–H groups in total. The van der Waals surface area contributed by atoms with Crippen molar-refractivity contribution in [2.45, 2.75) is 0 Å². The number of nitrogens with two attached hydrogens (primary N) is 1. The van der Waals surface area contributed by atoms with E-state index in [2.05, 4.69) is 22.0 Å². The molecule has 1 heterocycles. The van der Waals surface area contributed by atoms with Crippen molar-refractivity contribution in [2.75, 3.05) is 12.0 Å². The fourth-order valence-electron chi connectivity index (χ4n) is 0.876. The Balaban J connectivity index is 3.12. The monoisotopic (exact) mass is 211 g/mol. The van der Waals surface area contributed by atoms with Gasteiger partial charge in [0.05, 0.1) is 4.92 Å². The van der Waals surface area contributed by atoms with Gasteiger partial charge in [0.15, 0.2) is 0 Å². The van der Waals surface area contributed by atoms with E-state index in [1.807, 2.05) is 0 Å². The smallest absolute Gasteiger partial charge is 0.374 e. The Labute approximate surface area is 84.9 Å². The van der Waals surface area contributed by atoms with E-state index in [-0.39, 0.29) is 18.3 Å². The average molecular weight is 211 g/mol. The molecular formula is C7H9N5O3. The van der Waals surface area contributed by atoms with Gasteiger partial charge in [-0.15, -0.1) is 0 Å². The zero-order valence-corrected chi connectivity index (χ0v) is 7.71. The van der Waals surface area contributed by atoms with Crippen molar-refractivity contribution in [3.63, 3.8) is 0 Å². The molecule has 0 aliphatic carbocycles. The van der Waals surface area contributed by atoms with E-state index in [0.29, 0.717) is 0 Å². The molecule has 1 aromatic rings. The maximum absolute atomic E-state index is 10.7. The summed E-state index contributed by atoms with van der Waals surface area (Å²) in [6.45, 7) is 3.53. The van der Waals surface area contributed by atoms with Gasteiger partial charge in [-0.2, -0.15) is 4.98 Å². The molecule has 0 unspecified atom stereocenters. The lowest BCUT2D eigenvalue weighted by molar-refractivity contribution is -0.385. The molecule has 8 nitrogen and oxygen atoms in total. The van der Waals surface area contributed by atoms with Crippen LogP contribution in [-0.4, -0.2) is 21.5 Å². The van der Waals surface area contributed by atoms with Gasteiger partial charge in [-0.1, -0.05) is 12.7 Å². The van der Waals surface area contributed by atoms with E-state index in [9.17, 15) is 10.1 Å².